The van der Waals surface area contributed by atoms with Crippen LogP contribution in [0.25, 0.3) is 0 Å². The fraction of sp³-hybridized carbons (Fsp3) is 0.733. The Hall–Kier alpha value is -1.32. The Morgan fingerprint density at radius 1 is 1.26 bits per heavy atom. The number of hydrogen-bond donors (Lipinski definition) is 2. The molecule has 0 saturated heterocycles. The van der Waals surface area contributed by atoms with Crippen LogP contribution in [0.2, 0.25) is 0 Å². The van der Waals surface area contributed by atoms with Crippen LogP contribution in [0.15, 0.2) is 6.07 Å². The number of aromatic nitrogens is 2. The van der Waals surface area contributed by atoms with Gasteiger partial charge in [0.25, 0.3) is 0 Å². The monoisotopic (exact) mass is 258 g/mol. The second-order valence-electron chi connectivity index (χ2n) is 6.50. The largest absolute Gasteiger partial charge is 0.384 e. The summed E-state index contributed by atoms with van der Waals surface area (Å²) in [5, 5.41) is 3.63. The molecular weight excluding hydrogens is 236 g/mol. The third-order valence-corrected chi connectivity index (χ3v) is 5.32. The Morgan fingerprint density at radius 3 is 2.68 bits per heavy atom. The summed E-state index contributed by atoms with van der Waals surface area (Å²) in [6.45, 7) is 2.14. The van der Waals surface area contributed by atoms with E-state index in [2.05, 4.69) is 22.2 Å². The Bertz CT molecular complexity index is 485. The number of fused-ring (bicyclic) bond motifs is 5. The number of hydrogen-bond acceptors (Lipinski definition) is 4. The highest BCUT2D eigenvalue weighted by Gasteiger charge is 2.65. The van der Waals surface area contributed by atoms with Gasteiger partial charge in [-0.2, -0.15) is 0 Å². The van der Waals surface area contributed by atoms with E-state index in [1.54, 1.807) is 0 Å². The van der Waals surface area contributed by atoms with Crippen molar-refractivity contribution >= 4 is 11.6 Å². The van der Waals surface area contributed by atoms with Gasteiger partial charge in [-0.15, -0.1) is 0 Å². The summed E-state index contributed by atoms with van der Waals surface area (Å²) in [6.07, 6.45) is 6.36. The standard InChI is InChI=1S/C15H22N4/c1-2-3-11-17-10(16)7-12(18-11)19-15-13-8-4-5-9(6-8)14(13)15/h7-9,13-15H,2-6H2,1H3,(H3,16,17,18,19). The summed E-state index contributed by atoms with van der Waals surface area (Å²) >= 11 is 0. The zero-order valence-electron chi connectivity index (χ0n) is 11.5. The molecule has 0 amide bonds. The number of anilines is 2. The first-order chi connectivity index (χ1) is 9.26. The fourth-order valence-electron chi connectivity index (χ4n) is 4.62. The van der Waals surface area contributed by atoms with E-state index >= 15 is 0 Å². The average molecular weight is 258 g/mol. The zero-order valence-corrected chi connectivity index (χ0v) is 11.5. The summed E-state index contributed by atoms with van der Waals surface area (Å²) < 4.78 is 0. The van der Waals surface area contributed by atoms with Crippen molar-refractivity contribution in [2.75, 3.05) is 11.1 Å². The second-order valence-corrected chi connectivity index (χ2v) is 6.50. The molecule has 4 nitrogen and oxygen atoms in total. The lowest BCUT2D eigenvalue weighted by Crippen LogP contribution is -2.15. The molecule has 102 valence electrons. The second kappa shape index (κ2) is 4.09. The minimum absolute atomic E-state index is 0.592. The van der Waals surface area contributed by atoms with Gasteiger partial charge in [0.2, 0.25) is 0 Å². The van der Waals surface area contributed by atoms with Gasteiger partial charge in [-0.3, -0.25) is 0 Å². The van der Waals surface area contributed by atoms with Gasteiger partial charge >= 0.3 is 0 Å². The van der Waals surface area contributed by atoms with Crippen LogP contribution in [0, 0.1) is 23.7 Å². The van der Waals surface area contributed by atoms with Crippen molar-refractivity contribution in [2.24, 2.45) is 23.7 Å². The molecule has 0 spiro atoms. The first-order valence-electron chi connectivity index (χ1n) is 7.66. The predicted octanol–water partition coefficient (Wildman–Crippen LogP) is 2.47. The molecule has 4 heteroatoms. The van der Waals surface area contributed by atoms with Gasteiger partial charge < -0.3 is 11.1 Å². The predicted molar refractivity (Wildman–Crippen MR) is 75.7 cm³/mol. The quantitative estimate of drug-likeness (QED) is 0.871. The molecule has 19 heavy (non-hydrogen) atoms. The summed E-state index contributed by atoms with van der Waals surface area (Å²) in [4.78, 5) is 8.89. The van der Waals surface area contributed by atoms with Gasteiger partial charge in [-0.25, -0.2) is 9.97 Å². The number of nitrogens with one attached hydrogen (secondary N) is 1. The topological polar surface area (TPSA) is 63.8 Å². The lowest BCUT2D eigenvalue weighted by atomic mass is 10.0. The number of nitrogens with two attached hydrogens (primary N) is 1. The van der Waals surface area contributed by atoms with Crippen LogP contribution in [0.1, 0.15) is 38.4 Å². The molecule has 0 aromatic carbocycles. The fourth-order valence-corrected chi connectivity index (χ4v) is 4.62. The molecule has 4 rings (SSSR count). The van der Waals surface area contributed by atoms with Crippen LogP contribution in [-0.2, 0) is 6.42 Å². The molecule has 4 atom stereocenters. The summed E-state index contributed by atoms with van der Waals surface area (Å²) in [5.74, 6) is 6.22. The first-order valence-corrected chi connectivity index (χ1v) is 7.66. The van der Waals surface area contributed by atoms with Gasteiger partial charge in [0.05, 0.1) is 0 Å². The molecular formula is C15H22N4. The van der Waals surface area contributed by atoms with Crippen LogP contribution < -0.4 is 11.1 Å². The number of nitrogen functional groups attached to an aromatic ring is 1. The van der Waals surface area contributed by atoms with Gasteiger partial charge in [0, 0.05) is 18.5 Å². The molecule has 3 aliphatic rings. The molecule has 3 N–H and O–H groups in total. The average Bonchev–Trinajstić information content (AvgIpc) is 2.78. The van der Waals surface area contributed by atoms with E-state index < -0.39 is 0 Å². The van der Waals surface area contributed by atoms with Crippen molar-refractivity contribution in [1.29, 1.82) is 0 Å². The van der Waals surface area contributed by atoms with Crippen molar-refractivity contribution < 1.29 is 0 Å². The van der Waals surface area contributed by atoms with Gasteiger partial charge in [-0.1, -0.05) is 6.92 Å². The molecule has 3 fully saturated rings. The molecule has 1 aromatic rings. The SMILES string of the molecule is CCCc1nc(N)cc(NC2C3C4CCC(C4)C23)n1. The maximum Gasteiger partial charge on any atom is 0.133 e. The number of nitrogens with zero attached hydrogens (tertiary/aromatic N) is 2. The van der Waals surface area contributed by atoms with E-state index in [-0.39, 0.29) is 0 Å². The molecule has 0 aliphatic heterocycles. The van der Waals surface area contributed by atoms with Crippen LogP contribution in [-0.4, -0.2) is 16.0 Å². The Kier molecular flexibility index (Phi) is 2.47. The molecule has 1 heterocycles. The summed E-state index contributed by atoms with van der Waals surface area (Å²) in [7, 11) is 0. The smallest absolute Gasteiger partial charge is 0.133 e. The maximum absolute atomic E-state index is 5.88. The molecule has 3 saturated carbocycles. The van der Waals surface area contributed by atoms with E-state index in [0.717, 1.165) is 48.2 Å². The zero-order chi connectivity index (χ0) is 13.0. The van der Waals surface area contributed by atoms with E-state index in [9.17, 15) is 0 Å². The summed E-state index contributed by atoms with van der Waals surface area (Å²) in [5.41, 5.74) is 5.88. The number of rotatable bonds is 4. The van der Waals surface area contributed by atoms with Crippen LogP contribution in [0.5, 0.6) is 0 Å². The van der Waals surface area contributed by atoms with Crippen LogP contribution >= 0.6 is 0 Å². The van der Waals surface area contributed by atoms with Crippen LogP contribution in [0.3, 0.4) is 0 Å². The highest BCUT2D eigenvalue weighted by molar-refractivity contribution is 5.47. The first kappa shape index (κ1) is 11.5. The Labute approximate surface area is 114 Å². The molecule has 4 unspecified atom stereocenters. The minimum atomic E-state index is 0.592. The molecule has 0 radical (unpaired) electrons. The van der Waals surface area contributed by atoms with Crippen LogP contribution in [0.4, 0.5) is 11.6 Å². The Balaban J connectivity index is 1.49. The van der Waals surface area contributed by atoms with Crippen molar-refractivity contribution in [3.63, 3.8) is 0 Å². The minimum Gasteiger partial charge on any atom is -0.384 e. The van der Waals surface area contributed by atoms with E-state index in [1.807, 2.05) is 6.07 Å². The van der Waals surface area contributed by atoms with Crippen molar-refractivity contribution in [3.05, 3.63) is 11.9 Å². The van der Waals surface area contributed by atoms with Gasteiger partial charge in [0.15, 0.2) is 0 Å². The maximum atomic E-state index is 5.88. The summed E-state index contributed by atoms with van der Waals surface area (Å²) in [6, 6.07) is 2.55. The Morgan fingerprint density at radius 2 is 2.00 bits per heavy atom. The highest BCUT2D eigenvalue weighted by Crippen LogP contribution is 2.66. The molecule has 3 aliphatic carbocycles. The van der Waals surface area contributed by atoms with Gasteiger partial charge in [-0.05, 0) is 49.4 Å². The lowest BCUT2D eigenvalue weighted by molar-refractivity contribution is 0.456. The van der Waals surface area contributed by atoms with Gasteiger partial charge in [0.1, 0.15) is 17.5 Å². The van der Waals surface area contributed by atoms with E-state index in [4.69, 9.17) is 5.73 Å². The van der Waals surface area contributed by atoms with Crippen molar-refractivity contribution in [2.45, 2.75) is 45.1 Å². The molecule has 2 bridgehead atoms. The molecule has 1 aromatic heterocycles. The van der Waals surface area contributed by atoms with E-state index in [0.29, 0.717) is 11.9 Å². The van der Waals surface area contributed by atoms with Crippen molar-refractivity contribution in [3.8, 4) is 0 Å². The third-order valence-electron chi connectivity index (χ3n) is 5.32. The normalized spacial score (nSPS) is 38.3. The number of aryl methyl sites for hydroxylation is 1. The highest BCUT2D eigenvalue weighted by atomic mass is 15.1. The van der Waals surface area contributed by atoms with Crippen molar-refractivity contribution in [1.82, 2.24) is 9.97 Å². The lowest BCUT2D eigenvalue weighted by Gasteiger charge is -2.12. The third kappa shape index (κ3) is 1.80. The van der Waals surface area contributed by atoms with E-state index in [1.165, 1.54) is 19.3 Å².